The monoisotopic (exact) mass is 223 g/mol. The molecule has 0 atom stereocenters. The van der Waals surface area contributed by atoms with Gasteiger partial charge in [-0.25, -0.2) is 9.18 Å². The molecule has 0 aliphatic heterocycles. The van der Waals surface area contributed by atoms with Crippen molar-refractivity contribution in [1.82, 2.24) is 0 Å². The molecule has 0 heterocycles. The molecule has 0 amide bonds. The second-order valence-electron chi connectivity index (χ2n) is 2.72. The van der Waals surface area contributed by atoms with E-state index in [1.54, 1.807) is 0 Å². The summed E-state index contributed by atoms with van der Waals surface area (Å²) in [5.41, 5.74) is 2.08. The Kier molecular flexibility index (Phi) is 2.57. The fourth-order valence-electron chi connectivity index (χ4n) is 0.991. The number of halogens is 4. The molecule has 3 N–H and O–H groups in total. The number of alkyl halides is 3. The summed E-state index contributed by atoms with van der Waals surface area (Å²) < 4.78 is 49.2. The molecule has 1 aromatic rings. The molecule has 1 aromatic carbocycles. The number of carboxylic acids is 1. The highest BCUT2D eigenvalue weighted by atomic mass is 19.4. The highest BCUT2D eigenvalue weighted by Crippen LogP contribution is 2.33. The van der Waals surface area contributed by atoms with Crippen LogP contribution in [0.4, 0.5) is 23.2 Å². The van der Waals surface area contributed by atoms with E-state index in [0.717, 1.165) is 0 Å². The molecule has 7 heteroatoms. The maximum absolute atomic E-state index is 12.8. The van der Waals surface area contributed by atoms with Crippen LogP contribution in [0.25, 0.3) is 0 Å². The molecule has 1 rings (SSSR count). The van der Waals surface area contributed by atoms with E-state index in [-0.39, 0.29) is 6.07 Å². The summed E-state index contributed by atoms with van der Waals surface area (Å²) in [6, 6.07) is 0.513. The normalized spacial score (nSPS) is 11.5. The third-order valence-corrected chi connectivity index (χ3v) is 1.68. The lowest BCUT2D eigenvalue weighted by molar-refractivity contribution is -0.139. The van der Waals surface area contributed by atoms with E-state index < -0.39 is 34.8 Å². The van der Waals surface area contributed by atoms with Crippen LogP contribution in [0.2, 0.25) is 0 Å². The van der Waals surface area contributed by atoms with Crippen molar-refractivity contribution in [3.8, 4) is 0 Å². The lowest BCUT2D eigenvalue weighted by atomic mass is 10.1. The van der Waals surface area contributed by atoms with Gasteiger partial charge in [-0.1, -0.05) is 0 Å². The number of nitrogen functional groups attached to an aromatic ring is 1. The number of carboxylic acid groups (broad SMARTS) is 1. The first-order valence-corrected chi connectivity index (χ1v) is 3.63. The van der Waals surface area contributed by atoms with Gasteiger partial charge in [-0.3, -0.25) is 0 Å². The third kappa shape index (κ3) is 2.17. The zero-order valence-corrected chi connectivity index (χ0v) is 7.10. The van der Waals surface area contributed by atoms with Gasteiger partial charge in [0.05, 0.1) is 11.1 Å². The Morgan fingerprint density at radius 3 is 2.27 bits per heavy atom. The quantitative estimate of drug-likeness (QED) is 0.566. The number of benzene rings is 1. The Balaban J connectivity index is 3.43. The van der Waals surface area contributed by atoms with E-state index in [1.165, 1.54) is 0 Å². The maximum atomic E-state index is 12.8. The smallest absolute Gasteiger partial charge is 0.419 e. The maximum Gasteiger partial charge on any atom is 0.419 e. The van der Waals surface area contributed by atoms with Gasteiger partial charge in [0, 0.05) is 5.69 Å². The summed E-state index contributed by atoms with van der Waals surface area (Å²) in [5, 5.41) is 8.48. The Morgan fingerprint density at radius 1 is 1.33 bits per heavy atom. The van der Waals surface area contributed by atoms with Crippen LogP contribution < -0.4 is 5.73 Å². The largest absolute Gasteiger partial charge is 0.478 e. The predicted octanol–water partition coefficient (Wildman–Crippen LogP) is 2.12. The van der Waals surface area contributed by atoms with Gasteiger partial charge in [0.1, 0.15) is 5.82 Å². The van der Waals surface area contributed by atoms with E-state index in [4.69, 9.17) is 10.8 Å². The summed E-state index contributed by atoms with van der Waals surface area (Å²) in [7, 11) is 0. The van der Waals surface area contributed by atoms with Gasteiger partial charge >= 0.3 is 12.1 Å². The van der Waals surface area contributed by atoms with Crippen LogP contribution in [-0.2, 0) is 6.18 Å². The van der Waals surface area contributed by atoms with Crippen LogP contribution in [0, 0.1) is 5.82 Å². The van der Waals surface area contributed by atoms with Crippen molar-refractivity contribution in [2.45, 2.75) is 6.18 Å². The number of aromatic carboxylic acids is 1. The highest BCUT2D eigenvalue weighted by Gasteiger charge is 2.35. The molecule has 0 bridgehead atoms. The van der Waals surface area contributed by atoms with Crippen molar-refractivity contribution in [2.75, 3.05) is 5.73 Å². The number of rotatable bonds is 1. The second kappa shape index (κ2) is 3.41. The van der Waals surface area contributed by atoms with E-state index in [1.807, 2.05) is 0 Å². The Hall–Kier alpha value is -1.79. The molecule has 0 aromatic heterocycles. The SMILES string of the molecule is Nc1cc(F)c(C(F)(F)F)cc1C(=O)O. The van der Waals surface area contributed by atoms with Crippen LogP contribution in [0.1, 0.15) is 15.9 Å². The lowest BCUT2D eigenvalue weighted by Crippen LogP contribution is -2.12. The van der Waals surface area contributed by atoms with Crippen LogP contribution in [0.15, 0.2) is 12.1 Å². The van der Waals surface area contributed by atoms with Crippen molar-refractivity contribution >= 4 is 11.7 Å². The lowest BCUT2D eigenvalue weighted by Gasteiger charge is -2.10. The average molecular weight is 223 g/mol. The number of nitrogens with two attached hydrogens (primary N) is 1. The topological polar surface area (TPSA) is 63.3 Å². The molecule has 0 radical (unpaired) electrons. The second-order valence-corrected chi connectivity index (χ2v) is 2.72. The number of anilines is 1. The van der Waals surface area contributed by atoms with Gasteiger partial charge in [0.15, 0.2) is 0 Å². The van der Waals surface area contributed by atoms with Gasteiger partial charge in [0.25, 0.3) is 0 Å². The van der Waals surface area contributed by atoms with Crippen molar-refractivity contribution < 1.29 is 27.5 Å². The predicted molar refractivity (Wildman–Crippen MR) is 42.8 cm³/mol. The van der Waals surface area contributed by atoms with Crippen LogP contribution in [-0.4, -0.2) is 11.1 Å². The molecule has 3 nitrogen and oxygen atoms in total. The Bertz CT molecular complexity index is 414. The van der Waals surface area contributed by atoms with Crippen molar-refractivity contribution in [3.05, 3.63) is 29.1 Å². The molecule has 0 aliphatic carbocycles. The Morgan fingerprint density at radius 2 is 1.87 bits per heavy atom. The summed E-state index contributed by atoms with van der Waals surface area (Å²) in [6.07, 6.45) is -4.94. The highest BCUT2D eigenvalue weighted by molar-refractivity contribution is 5.93. The molecule has 0 aliphatic rings. The number of hydrogen-bond acceptors (Lipinski definition) is 2. The number of hydrogen-bond donors (Lipinski definition) is 2. The van der Waals surface area contributed by atoms with E-state index >= 15 is 0 Å². The van der Waals surface area contributed by atoms with E-state index in [0.29, 0.717) is 6.07 Å². The van der Waals surface area contributed by atoms with Gasteiger partial charge in [-0.05, 0) is 12.1 Å². The van der Waals surface area contributed by atoms with Gasteiger partial charge < -0.3 is 10.8 Å². The third-order valence-electron chi connectivity index (χ3n) is 1.68. The standard InChI is InChI=1S/C8H5F4NO2/c9-5-2-6(13)3(7(14)15)1-4(5)8(10,11)12/h1-2H,13H2,(H,14,15). The molecule has 0 saturated carbocycles. The van der Waals surface area contributed by atoms with E-state index in [2.05, 4.69) is 0 Å². The van der Waals surface area contributed by atoms with E-state index in [9.17, 15) is 22.4 Å². The first-order chi connectivity index (χ1) is 6.73. The average Bonchev–Trinajstić information content (AvgIpc) is 2.00. The van der Waals surface area contributed by atoms with Gasteiger partial charge in [0.2, 0.25) is 0 Å². The van der Waals surface area contributed by atoms with Crippen molar-refractivity contribution in [2.24, 2.45) is 0 Å². The van der Waals surface area contributed by atoms with Crippen LogP contribution >= 0.6 is 0 Å². The molecule has 0 unspecified atom stereocenters. The molecular formula is C8H5F4NO2. The minimum Gasteiger partial charge on any atom is -0.478 e. The van der Waals surface area contributed by atoms with Crippen molar-refractivity contribution in [3.63, 3.8) is 0 Å². The summed E-state index contributed by atoms with van der Waals surface area (Å²) in [6.45, 7) is 0. The summed E-state index contributed by atoms with van der Waals surface area (Å²) >= 11 is 0. The fraction of sp³-hybridized carbons (Fsp3) is 0.125. The summed E-state index contributed by atoms with van der Waals surface area (Å²) in [4.78, 5) is 10.4. The zero-order valence-electron chi connectivity index (χ0n) is 7.10. The number of carbonyl (C=O) groups is 1. The van der Waals surface area contributed by atoms with Gasteiger partial charge in [-0.15, -0.1) is 0 Å². The molecule has 0 fully saturated rings. The van der Waals surface area contributed by atoms with Crippen molar-refractivity contribution in [1.29, 1.82) is 0 Å². The Labute approximate surface area is 81.1 Å². The first-order valence-electron chi connectivity index (χ1n) is 3.63. The first kappa shape index (κ1) is 11.3. The van der Waals surface area contributed by atoms with Gasteiger partial charge in [-0.2, -0.15) is 13.2 Å². The minimum atomic E-state index is -4.94. The molecule has 15 heavy (non-hydrogen) atoms. The molecule has 82 valence electrons. The van der Waals surface area contributed by atoms with Crippen LogP contribution in [0.5, 0.6) is 0 Å². The minimum absolute atomic E-state index is 0.174. The molecular weight excluding hydrogens is 218 g/mol. The fourth-order valence-corrected chi connectivity index (χ4v) is 0.991. The zero-order chi connectivity index (χ0) is 11.8. The summed E-state index contributed by atoms with van der Waals surface area (Å²) in [5.74, 6) is -3.23. The van der Waals surface area contributed by atoms with Crippen LogP contribution in [0.3, 0.4) is 0 Å². The molecule has 0 spiro atoms. The molecule has 0 saturated heterocycles.